The molecule has 30 heavy (non-hydrogen) atoms. The highest BCUT2D eigenvalue weighted by Gasteiger charge is 2.31. The smallest absolute Gasteiger partial charge is 0.290 e. The molecule has 0 aliphatic carbocycles. The molecule has 5 rings (SSSR count). The monoisotopic (exact) mass is 430 g/mol. The van der Waals surface area contributed by atoms with Gasteiger partial charge in [0.05, 0.1) is 30.8 Å². The van der Waals surface area contributed by atoms with Crippen molar-refractivity contribution in [2.45, 2.75) is 38.9 Å². The van der Waals surface area contributed by atoms with Crippen LogP contribution in [0.5, 0.6) is 0 Å². The molecule has 3 aromatic heterocycles. The summed E-state index contributed by atoms with van der Waals surface area (Å²) in [4.78, 5) is 26.2. The highest BCUT2D eigenvalue weighted by atomic mass is 32.1. The number of carbonyl (C=O) groups is 1. The Bertz CT molecular complexity index is 1090. The Morgan fingerprint density at radius 3 is 3.00 bits per heavy atom. The molecule has 0 atom stereocenters. The van der Waals surface area contributed by atoms with Gasteiger partial charge in [-0.1, -0.05) is 0 Å². The van der Waals surface area contributed by atoms with Crippen LogP contribution in [0.3, 0.4) is 0 Å². The van der Waals surface area contributed by atoms with Crippen LogP contribution in [0.4, 0.5) is 0 Å². The van der Waals surface area contributed by atoms with E-state index in [1.807, 2.05) is 0 Å². The first-order valence-electron chi connectivity index (χ1n) is 10.4. The first kappa shape index (κ1) is 19.8. The Labute approximate surface area is 178 Å². The summed E-state index contributed by atoms with van der Waals surface area (Å²) in [5, 5.41) is 8.31. The summed E-state index contributed by atoms with van der Waals surface area (Å²) in [6.07, 6.45) is 3.31. The topological polar surface area (TPSA) is 93.9 Å². The molecule has 0 saturated carbocycles. The lowest BCUT2D eigenvalue weighted by atomic mass is 9.94. The van der Waals surface area contributed by atoms with Gasteiger partial charge in [0.15, 0.2) is 5.65 Å². The molecular weight excluding hydrogens is 404 g/mol. The molecule has 1 saturated heterocycles. The summed E-state index contributed by atoms with van der Waals surface area (Å²) in [6.45, 7) is 9.80. The highest BCUT2D eigenvalue weighted by Crippen LogP contribution is 2.39. The summed E-state index contributed by atoms with van der Waals surface area (Å²) in [5.41, 5.74) is 1.68. The van der Waals surface area contributed by atoms with E-state index in [1.165, 1.54) is 10.4 Å². The Kier molecular flexibility index (Phi) is 5.18. The lowest BCUT2D eigenvalue weighted by Gasteiger charge is -2.30. The highest BCUT2D eigenvalue weighted by molar-refractivity contribution is 7.19. The summed E-state index contributed by atoms with van der Waals surface area (Å²) in [6, 6.07) is 0. The van der Waals surface area contributed by atoms with Gasteiger partial charge in [0.1, 0.15) is 11.2 Å². The van der Waals surface area contributed by atoms with Gasteiger partial charge in [-0.3, -0.25) is 9.69 Å². The summed E-state index contributed by atoms with van der Waals surface area (Å²) in [7, 11) is 0. The molecular formula is C20H26N6O3S. The van der Waals surface area contributed by atoms with E-state index < -0.39 is 0 Å². The average molecular weight is 431 g/mol. The number of morpholine rings is 1. The Balaban J connectivity index is 1.32. The molecule has 10 heteroatoms. The zero-order chi connectivity index (χ0) is 20.7. The van der Waals surface area contributed by atoms with Crippen molar-refractivity contribution < 1.29 is 14.3 Å². The number of thiophene rings is 1. The average Bonchev–Trinajstić information content (AvgIpc) is 3.32. The van der Waals surface area contributed by atoms with Crippen molar-refractivity contribution in [1.29, 1.82) is 0 Å². The lowest BCUT2D eigenvalue weighted by Crippen LogP contribution is -2.38. The second-order valence-electron chi connectivity index (χ2n) is 8.42. The maximum Gasteiger partial charge on any atom is 0.290 e. The van der Waals surface area contributed by atoms with Gasteiger partial charge in [0.25, 0.3) is 5.91 Å². The van der Waals surface area contributed by atoms with Gasteiger partial charge in [-0.2, -0.15) is 0 Å². The van der Waals surface area contributed by atoms with E-state index in [0.717, 1.165) is 55.9 Å². The van der Waals surface area contributed by atoms with Gasteiger partial charge in [-0.15, -0.1) is 16.4 Å². The van der Waals surface area contributed by atoms with Crippen LogP contribution in [0, 0.1) is 0 Å². The Morgan fingerprint density at radius 2 is 2.17 bits per heavy atom. The summed E-state index contributed by atoms with van der Waals surface area (Å²) < 4.78 is 12.9. The molecule has 1 amide bonds. The fourth-order valence-corrected chi connectivity index (χ4v) is 5.11. The van der Waals surface area contributed by atoms with E-state index in [0.29, 0.717) is 18.8 Å². The molecule has 0 bridgehead atoms. The fraction of sp³-hybridized carbons (Fsp3) is 0.600. The van der Waals surface area contributed by atoms with Crippen molar-refractivity contribution >= 4 is 33.1 Å². The van der Waals surface area contributed by atoms with E-state index in [2.05, 4.69) is 39.1 Å². The van der Waals surface area contributed by atoms with Crippen LogP contribution in [-0.4, -0.2) is 75.4 Å². The first-order valence-corrected chi connectivity index (χ1v) is 11.2. The molecule has 1 N–H and O–H groups in total. The van der Waals surface area contributed by atoms with Gasteiger partial charge < -0.3 is 14.8 Å². The quantitative estimate of drug-likeness (QED) is 0.615. The van der Waals surface area contributed by atoms with Crippen molar-refractivity contribution in [2.75, 3.05) is 39.4 Å². The van der Waals surface area contributed by atoms with Crippen LogP contribution in [-0.2, 0) is 22.5 Å². The predicted octanol–water partition coefficient (Wildman–Crippen LogP) is 1.64. The third-order valence-electron chi connectivity index (χ3n) is 5.65. The SMILES string of the molecule is CC1(C)Cc2c(sc3ncn4nc(C(=O)NCCCN5CCOCC5)nc4c23)CO1. The van der Waals surface area contributed by atoms with Crippen molar-refractivity contribution in [3.05, 3.63) is 22.6 Å². The number of amides is 1. The van der Waals surface area contributed by atoms with Gasteiger partial charge in [0, 0.05) is 30.9 Å². The number of aromatic nitrogens is 4. The number of nitrogens with zero attached hydrogens (tertiary/aromatic N) is 5. The van der Waals surface area contributed by atoms with E-state index in [4.69, 9.17) is 9.47 Å². The van der Waals surface area contributed by atoms with E-state index >= 15 is 0 Å². The van der Waals surface area contributed by atoms with Crippen LogP contribution in [0.25, 0.3) is 15.9 Å². The largest absolute Gasteiger partial charge is 0.379 e. The zero-order valence-corrected chi connectivity index (χ0v) is 18.1. The molecule has 1 fully saturated rings. The third-order valence-corrected chi connectivity index (χ3v) is 6.76. The number of hydrogen-bond acceptors (Lipinski definition) is 8. The third kappa shape index (κ3) is 3.80. The first-order chi connectivity index (χ1) is 14.5. The Hall–Kier alpha value is -2.14. The van der Waals surface area contributed by atoms with Crippen LogP contribution >= 0.6 is 11.3 Å². The van der Waals surface area contributed by atoms with Crippen molar-refractivity contribution in [2.24, 2.45) is 0 Å². The van der Waals surface area contributed by atoms with Crippen LogP contribution < -0.4 is 5.32 Å². The second-order valence-corrected chi connectivity index (χ2v) is 9.50. The minimum Gasteiger partial charge on any atom is -0.379 e. The standard InChI is InChI=1S/C20H26N6O3S/c1-20(2)10-13-14(11-29-20)30-19-15(13)17-23-16(24-26(17)12-22-19)18(27)21-4-3-5-25-6-8-28-9-7-25/h12H,3-11H2,1-2H3,(H,21,27). The molecule has 0 aromatic carbocycles. The summed E-state index contributed by atoms with van der Waals surface area (Å²) >= 11 is 1.63. The number of carbonyl (C=O) groups excluding carboxylic acids is 1. The molecule has 5 heterocycles. The van der Waals surface area contributed by atoms with E-state index in [9.17, 15) is 4.79 Å². The molecule has 0 radical (unpaired) electrons. The van der Waals surface area contributed by atoms with Gasteiger partial charge in [-0.05, 0) is 32.4 Å². The van der Waals surface area contributed by atoms with Gasteiger partial charge in [0.2, 0.25) is 5.82 Å². The number of rotatable bonds is 5. The van der Waals surface area contributed by atoms with Crippen LogP contribution in [0.2, 0.25) is 0 Å². The lowest BCUT2D eigenvalue weighted by molar-refractivity contribution is -0.0379. The van der Waals surface area contributed by atoms with Crippen LogP contribution in [0.1, 0.15) is 41.3 Å². The molecule has 0 spiro atoms. The van der Waals surface area contributed by atoms with E-state index in [-0.39, 0.29) is 17.3 Å². The minimum atomic E-state index is -0.249. The fourth-order valence-electron chi connectivity index (χ4n) is 4.05. The molecule has 160 valence electrons. The van der Waals surface area contributed by atoms with Crippen molar-refractivity contribution in [3.63, 3.8) is 0 Å². The predicted molar refractivity (Wildman–Crippen MR) is 113 cm³/mol. The summed E-state index contributed by atoms with van der Waals surface area (Å²) in [5.74, 6) is -0.0662. The molecule has 0 unspecified atom stereocenters. The van der Waals surface area contributed by atoms with Gasteiger partial charge >= 0.3 is 0 Å². The maximum atomic E-state index is 12.6. The molecule has 3 aromatic rings. The van der Waals surface area contributed by atoms with E-state index in [1.54, 1.807) is 22.2 Å². The number of fused-ring (bicyclic) bond motifs is 5. The molecule has 2 aliphatic rings. The van der Waals surface area contributed by atoms with Gasteiger partial charge in [-0.25, -0.2) is 14.5 Å². The number of nitrogens with one attached hydrogen (secondary N) is 1. The number of ether oxygens (including phenoxy) is 2. The normalized spacial score (nSPS) is 19.3. The molecule has 9 nitrogen and oxygen atoms in total. The number of hydrogen-bond donors (Lipinski definition) is 1. The second kappa shape index (κ2) is 7.84. The van der Waals surface area contributed by atoms with Crippen LogP contribution in [0.15, 0.2) is 6.33 Å². The maximum absolute atomic E-state index is 12.6. The van der Waals surface area contributed by atoms with Crippen molar-refractivity contribution in [3.8, 4) is 0 Å². The van der Waals surface area contributed by atoms with Crippen molar-refractivity contribution in [1.82, 2.24) is 29.8 Å². The zero-order valence-electron chi connectivity index (χ0n) is 17.3. The minimum absolute atomic E-state index is 0.182. The molecule has 2 aliphatic heterocycles. The Morgan fingerprint density at radius 1 is 1.33 bits per heavy atom.